The molecule has 1 atom stereocenters. The highest BCUT2D eigenvalue weighted by molar-refractivity contribution is 4.80. The molecule has 0 saturated carbocycles. The van der Waals surface area contributed by atoms with E-state index < -0.39 is 5.72 Å². The van der Waals surface area contributed by atoms with Crippen molar-refractivity contribution in [2.75, 3.05) is 0 Å². The molecule has 1 aliphatic heterocycles. The molecule has 0 spiro atoms. The number of rotatable bonds is 0. The summed E-state index contributed by atoms with van der Waals surface area (Å²) in [4.78, 5) is 7.90. The minimum atomic E-state index is -1.10. The van der Waals surface area contributed by atoms with E-state index in [-0.39, 0.29) is 0 Å². The van der Waals surface area contributed by atoms with Gasteiger partial charge in [-0.25, -0.2) is 4.24 Å². The fourth-order valence-electron chi connectivity index (χ4n) is 1.06. The first kappa shape index (κ1) is 6.42. The summed E-state index contributed by atoms with van der Waals surface area (Å²) < 4.78 is 1.69. The lowest BCUT2D eigenvalue weighted by atomic mass is 10.3. The van der Waals surface area contributed by atoms with Crippen molar-refractivity contribution in [1.82, 2.24) is 4.98 Å². The molecule has 0 amide bonds. The van der Waals surface area contributed by atoms with Gasteiger partial charge in [0.05, 0.1) is 6.20 Å². The highest BCUT2D eigenvalue weighted by atomic mass is 16.3. The summed E-state index contributed by atoms with van der Waals surface area (Å²) >= 11 is 0. The molecule has 2 rings (SSSR count). The monoisotopic (exact) mass is 150 g/mol. The predicted molar refractivity (Wildman–Crippen MR) is 35.9 cm³/mol. The van der Waals surface area contributed by atoms with Crippen LogP contribution in [0.2, 0.25) is 0 Å². The molecule has 1 aliphatic rings. The Hall–Kier alpha value is -1.29. The maximum absolute atomic E-state index is 9.43. The Kier molecular flexibility index (Phi) is 1.08. The average Bonchev–Trinajstić information content (AvgIpc) is 2.21. The summed E-state index contributed by atoms with van der Waals surface area (Å²) in [6.45, 7) is 1.61. The quantitative estimate of drug-likeness (QED) is 0.468. The minimum Gasteiger partial charge on any atom is -0.351 e. The van der Waals surface area contributed by atoms with E-state index in [9.17, 15) is 5.11 Å². The standard InChI is InChI=1S/C7H8N3O/c1-7(11)5-10-4-2-3-8-6(10)9-7/h2-5,11H,1H3/q+1/t7-/m0/s1. The van der Waals surface area contributed by atoms with Crippen LogP contribution in [0.5, 0.6) is 0 Å². The Morgan fingerprint density at radius 2 is 2.45 bits per heavy atom. The van der Waals surface area contributed by atoms with E-state index in [2.05, 4.69) is 9.98 Å². The predicted octanol–water partition coefficient (Wildman–Crippen LogP) is -1.28. The zero-order valence-electron chi connectivity index (χ0n) is 6.10. The van der Waals surface area contributed by atoms with E-state index >= 15 is 0 Å². The van der Waals surface area contributed by atoms with Crippen molar-refractivity contribution in [3.05, 3.63) is 30.3 Å². The second-order valence-electron chi connectivity index (χ2n) is 2.66. The van der Waals surface area contributed by atoms with Gasteiger partial charge in [0.15, 0.2) is 0 Å². The fraction of sp³-hybridized carbons (Fsp3) is 0.286. The van der Waals surface area contributed by atoms with Crippen molar-refractivity contribution in [2.24, 2.45) is 4.99 Å². The van der Waals surface area contributed by atoms with Gasteiger partial charge >= 0.3 is 5.62 Å². The van der Waals surface area contributed by atoms with E-state index in [1.54, 1.807) is 35.8 Å². The molecule has 0 saturated heterocycles. The van der Waals surface area contributed by atoms with Gasteiger partial charge in [0, 0.05) is 13.0 Å². The van der Waals surface area contributed by atoms with Crippen LogP contribution >= 0.6 is 0 Å². The van der Waals surface area contributed by atoms with Crippen molar-refractivity contribution >= 4 is 0 Å². The summed E-state index contributed by atoms with van der Waals surface area (Å²) in [5.41, 5.74) is -0.557. The van der Waals surface area contributed by atoms with E-state index in [4.69, 9.17) is 0 Å². The van der Waals surface area contributed by atoms with Crippen molar-refractivity contribution < 1.29 is 9.35 Å². The first-order valence-corrected chi connectivity index (χ1v) is 3.35. The number of fused-ring (bicyclic) bond motifs is 1. The molecule has 4 nitrogen and oxygen atoms in total. The maximum Gasteiger partial charge on any atom is 0.435 e. The molecule has 0 unspecified atom stereocenters. The molecular formula is C7H8N3O+. The Bertz CT molecular complexity index is 359. The Labute approximate surface area is 63.2 Å². The Balaban J connectivity index is 2.81. The summed E-state index contributed by atoms with van der Waals surface area (Å²) in [5.74, 6) is 0. The molecule has 0 radical (unpaired) electrons. The molecule has 4 heteroatoms. The lowest BCUT2D eigenvalue weighted by Crippen LogP contribution is -2.36. The van der Waals surface area contributed by atoms with E-state index in [1.165, 1.54) is 0 Å². The van der Waals surface area contributed by atoms with Gasteiger partial charge in [0.1, 0.15) is 12.4 Å². The molecule has 0 aliphatic carbocycles. The van der Waals surface area contributed by atoms with Gasteiger partial charge in [-0.15, -0.1) is 0 Å². The largest absolute Gasteiger partial charge is 0.435 e. The summed E-state index contributed by atoms with van der Waals surface area (Å²) in [7, 11) is 0. The molecule has 1 aromatic rings. The molecule has 2 heterocycles. The average molecular weight is 150 g/mol. The molecule has 0 aromatic carbocycles. The van der Waals surface area contributed by atoms with Crippen LogP contribution in [0.15, 0.2) is 23.5 Å². The van der Waals surface area contributed by atoms with E-state index in [0.29, 0.717) is 5.62 Å². The van der Waals surface area contributed by atoms with Crippen molar-refractivity contribution in [1.29, 1.82) is 0 Å². The number of aromatic nitrogens is 2. The van der Waals surface area contributed by atoms with E-state index in [1.807, 2.05) is 0 Å². The van der Waals surface area contributed by atoms with Gasteiger partial charge in [-0.1, -0.05) is 9.98 Å². The maximum atomic E-state index is 9.43. The number of aliphatic hydroxyl groups is 1. The highest BCUT2D eigenvalue weighted by Crippen LogP contribution is 2.02. The lowest BCUT2D eigenvalue weighted by molar-refractivity contribution is -0.530. The van der Waals surface area contributed by atoms with Gasteiger partial charge in [0.25, 0.3) is 5.72 Å². The smallest absolute Gasteiger partial charge is 0.351 e. The number of hydrogen-bond donors (Lipinski definition) is 1. The Morgan fingerprint density at radius 1 is 1.64 bits per heavy atom. The summed E-state index contributed by atoms with van der Waals surface area (Å²) in [6, 6.07) is 1.79. The topological polar surface area (TPSA) is 51.4 Å². The van der Waals surface area contributed by atoms with Gasteiger partial charge in [-0.3, -0.25) is 0 Å². The zero-order chi connectivity index (χ0) is 7.90. The Morgan fingerprint density at radius 3 is 3.18 bits per heavy atom. The van der Waals surface area contributed by atoms with Crippen molar-refractivity contribution in [3.8, 4) is 0 Å². The number of hydrogen-bond acceptors (Lipinski definition) is 3. The molecule has 0 fully saturated rings. The SMILES string of the molecule is C[C@]1(O)C=[n+]2cccnc2=N1. The first-order valence-electron chi connectivity index (χ1n) is 3.35. The summed E-state index contributed by atoms with van der Waals surface area (Å²) in [6.07, 6.45) is 5.05. The first-order chi connectivity index (χ1) is 5.17. The molecule has 56 valence electrons. The second-order valence-corrected chi connectivity index (χ2v) is 2.66. The van der Waals surface area contributed by atoms with Crippen LogP contribution < -0.4 is 9.86 Å². The zero-order valence-corrected chi connectivity index (χ0v) is 6.10. The molecule has 0 bridgehead atoms. The lowest BCUT2D eigenvalue weighted by Gasteiger charge is -1.97. The van der Waals surface area contributed by atoms with Crippen LogP contribution in [0.1, 0.15) is 6.92 Å². The molecular weight excluding hydrogens is 142 g/mol. The van der Waals surface area contributed by atoms with Crippen molar-refractivity contribution in [3.63, 3.8) is 0 Å². The van der Waals surface area contributed by atoms with Crippen molar-refractivity contribution in [2.45, 2.75) is 12.6 Å². The van der Waals surface area contributed by atoms with Crippen LogP contribution in [0, 0.1) is 6.21 Å². The van der Waals surface area contributed by atoms with Gasteiger partial charge in [0.2, 0.25) is 0 Å². The van der Waals surface area contributed by atoms with Crippen LogP contribution in [0.25, 0.3) is 0 Å². The number of nitrogens with zero attached hydrogens (tertiary/aromatic N) is 3. The highest BCUT2D eigenvalue weighted by Gasteiger charge is 2.27. The normalized spacial score (nSPS) is 27.1. The van der Waals surface area contributed by atoms with Crippen LogP contribution in [-0.4, -0.2) is 15.8 Å². The molecule has 11 heavy (non-hydrogen) atoms. The van der Waals surface area contributed by atoms with Crippen LogP contribution in [0.4, 0.5) is 0 Å². The van der Waals surface area contributed by atoms with E-state index in [0.717, 1.165) is 0 Å². The molecule has 1 aromatic heterocycles. The third-order valence-corrected chi connectivity index (χ3v) is 1.46. The summed E-state index contributed by atoms with van der Waals surface area (Å²) in [5, 5.41) is 9.43. The second kappa shape index (κ2) is 1.85. The van der Waals surface area contributed by atoms with Gasteiger partial charge < -0.3 is 5.11 Å². The fourth-order valence-corrected chi connectivity index (χ4v) is 1.06. The van der Waals surface area contributed by atoms with Gasteiger partial charge in [-0.05, 0) is 0 Å². The van der Waals surface area contributed by atoms with Crippen LogP contribution in [0.3, 0.4) is 0 Å². The molecule has 1 N–H and O–H groups in total. The minimum absolute atomic E-state index is 0.539. The van der Waals surface area contributed by atoms with Crippen LogP contribution in [-0.2, 0) is 0 Å². The van der Waals surface area contributed by atoms with Gasteiger partial charge in [-0.2, -0.15) is 0 Å². The third-order valence-electron chi connectivity index (χ3n) is 1.46. The third kappa shape index (κ3) is 1.01.